The summed E-state index contributed by atoms with van der Waals surface area (Å²) in [5, 5.41) is 0. The number of rotatable bonds is 7. The third-order valence-corrected chi connectivity index (χ3v) is 2.33. The number of hydrogen-bond donors (Lipinski definition) is 0. The Morgan fingerprint density at radius 2 is 1.25 bits per heavy atom. The maximum absolute atomic E-state index is 3.82. The van der Waals surface area contributed by atoms with Crippen molar-refractivity contribution < 1.29 is 0 Å². The molecule has 0 heteroatoms. The normalized spacial score (nSPS) is 8.88. The fourth-order valence-corrected chi connectivity index (χ4v) is 1.31. The van der Waals surface area contributed by atoms with Crippen molar-refractivity contribution in [2.75, 3.05) is 0 Å². The summed E-state index contributed by atoms with van der Waals surface area (Å²) in [6.45, 7) is 6.02. The van der Waals surface area contributed by atoms with E-state index < -0.39 is 0 Å². The van der Waals surface area contributed by atoms with Gasteiger partial charge in [-0.05, 0) is 12.8 Å². The predicted molar refractivity (Wildman–Crippen MR) is 72.8 cm³/mol. The zero-order valence-corrected chi connectivity index (χ0v) is 10.8. The molecular weight excluding hydrogens is 192 g/mol. The van der Waals surface area contributed by atoms with E-state index in [2.05, 4.69) is 37.5 Å². The number of unbranched alkanes of at least 4 members (excludes halogenated alkanes) is 7. The van der Waals surface area contributed by atoms with Gasteiger partial charge in [0.15, 0.2) is 0 Å². The lowest BCUT2D eigenvalue weighted by atomic mass is 10.1. The van der Waals surface area contributed by atoms with Gasteiger partial charge in [-0.1, -0.05) is 39.5 Å². The van der Waals surface area contributed by atoms with Gasteiger partial charge >= 0.3 is 0 Å². The highest BCUT2D eigenvalue weighted by atomic mass is 13.9. The summed E-state index contributed by atoms with van der Waals surface area (Å²) in [5.41, 5.74) is 0. The van der Waals surface area contributed by atoms with E-state index in [9.17, 15) is 0 Å². The highest BCUT2D eigenvalue weighted by molar-refractivity contribution is 5.05. The van der Waals surface area contributed by atoms with Crippen LogP contribution < -0.4 is 0 Å². The predicted octanol–water partition coefficient (Wildman–Crippen LogP) is 4.75. The molecule has 0 aromatic carbocycles. The minimum Gasteiger partial charge on any atom is -0.103 e. The summed E-state index contributed by atoms with van der Waals surface area (Å²) in [6.07, 6.45) is 11.2. The molecule has 0 bridgehead atoms. The molecule has 1 radical (unpaired) electrons. The Hall–Kier alpha value is -0.880. The third kappa shape index (κ3) is 13.1. The fraction of sp³-hybridized carbons (Fsp3) is 0.688. The average Bonchev–Trinajstić information content (AvgIpc) is 2.31. The summed E-state index contributed by atoms with van der Waals surface area (Å²) in [7, 11) is 0. The van der Waals surface area contributed by atoms with Crippen molar-refractivity contribution in [1.82, 2.24) is 0 Å². The summed E-state index contributed by atoms with van der Waals surface area (Å²) in [4.78, 5) is 0. The van der Waals surface area contributed by atoms with Crippen LogP contribution in [0, 0.1) is 30.6 Å². The van der Waals surface area contributed by atoms with Gasteiger partial charge < -0.3 is 0 Å². The van der Waals surface area contributed by atoms with Crippen molar-refractivity contribution in [2.24, 2.45) is 0 Å². The van der Waals surface area contributed by atoms with Crippen LogP contribution in [-0.4, -0.2) is 0 Å². The molecule has 0 atom stereocenters. The van der Waals surface area contributed by atoms with Gasteiger partial charge in [-0.25, -0.2) is 0 Å². The zero-order chi connectivity index (χ0) is 11.9. The van der Waals surface area contributed by atoms with E-state index >= 15 is 0 Å². The average molecular weight is 217 g/mol. The molecule has 0 aromatic rings. The van der Waals surface area contributed by atoms with E-state index in [1.54, 1.807) is 0 Å². The van der Waals surface area contributed by atoms with Gasteiger partial charge in [-0.15, -0.1) is 23.7 Å². The van der Waals surface area contributed by atoms with Crippen LogP contribution in [0.1, 0.15) is 71.1 Å². The first kappa shape index (κ1) is 15.1. The summed E-state index contributed by atoms with van der Waals surface area (Å²) in [6, 6.07) is 0. The molecule has 0 aliphatic rings. The summed E-state index contributed by atoms with van der Waals surface area (Å²) in [5.74, 6) is 12.7. The minimum absolute atomic E-state index is 0.939. The first-order chi connectivity index (χ1) is 7.91. The van der Waals surface area contributed by atoms with Gasteiger partial charge in [0, 0.05) is 25.7 Å². The summed E-state index contributed by atoms with van der Waals surface area (Å²) >= 11 is 0. The molecule has 0 aliphatic heterocycles. The molecule has 0 N–H and O–H groups in total. The van der Waals surface area contributed by atoms with E-state index in [1.807, 2.05) is 0 Å². The molecule has 0 fully saturated rings. The van der Waals surface area contributed by atoms with Crippen molar-refractivity contribution >= 4 is 0 Å². The van der Waals surface area contributed by atoms with Crippen molar-refractivity contribution in [3.8, 4) is 23.7 Å². The lowest BCUT2D eigenvalue weighted by Crippen LogP contribution is -1.74. The topological polar surface area (TPSA) is 0 Å². The standard InChI is InChI=1S/C16H25/c1-3-5-7-9-11-13-15-16-14-12-10-8-6-4-2/h1,3-9,11,14,16H2,2H3. The van der Waals surface area contributed by atoms with Gasteiger partial charge in [0.2, 0.25) is 0 Å². The molecule has 0 aliphatic carbocycles. The Balaban J connectivity index is 3.23. The van der Waals surface area contributed by atoms with Gasteiger partial charge in [-0.3, -0.25) is 0 Å². The molecule has 0 nitrogen and oxygen atoms in total. The van der Waals surface area contributed by atoms with Crippen LogP contribution >= 0.6 is 0 Å². The van der Waals surface area contributed by atoms with E-state index in [0.717, 1.165) is 32.1 Å². The van der Waals surface area contributed by atoms with Crippen LogP contribution in [0.2, 0.25) is 0 Å². The molecular formula is C16H25. The Bertz CT molecular complexity index is 241. The van der Waals surface area contributed by atoms with Gasteiger partial charge in [0.25, 0.3) is 0 Å². The van der Waals surface area contributed by atoms with E-state index in [4.69, 9.17) is 0 Å². The third-order valence-electron chi connectivity index (χ3n) is 2.33. The van der Waals surface area contributed by atoms with E-state index in [-0.39, 0.29) is 0 Å². The van der Waals surface area contributed by atoms with Crippen LogP contribution in [0.5, 0.6) is 0 Å². The largest absolute Gasteiger partial charge is 0.103 e. The second-order valence-corrected chi connectivity index (χ2v) is 3.97. The van der Waals surface area contributed by atoms with Crippen molar-refractivity contribution in [3.05, 3.63) is 6.92 Å². The van der Waals surface area contributed by atoms with Crippen LogP contribution in [-0.2, 0) is 0 Å². The maximum Gasteiger partial charge on any atom is 0.0198 e. The highest BCUT2D eigenvalue weighted by Crippen LogP contribution is 2.00. The van der Waals surface area contributed by atoms with Crippen LogP contribution in [0.25, 0.3) is 0 Å². The SMILES string of the molecule is [CH2]CCCCCC#CCCC#CCCCC. The molecule has 0 heterocycles. The Labute approximate surface area is 102 Å². The van der Waals surface area contributed by atoms with E-state index in [0.29, 0.717) is 0 Å². The molecule has 16 heavy (non-hydrogen) atoms. The Kier molecular flexibility index (Phi) is 13.3. The number of hydrogen-bond acceptors (Lipinski definition) is 0. The Morgan fingerprint density at radius 1 is 0.688 bits per heavy atom. The van der Waals surface area contributed by atoms with E-state index in [1.165, 1.54) is 32.1 Å². The second kappa shape index (κ2) is 14.1. The molecule has 0 rings (SSSR count). The van der Waals surface area contributed by atoms with Crippen molar-refractivity contribution in [2.45, 2.75) is 71.1 Å². The molecule has 89 valence electrons. The van der Waals surface area contributed by atoms with Gasteiger partial charge in [0.1, 0.15) is 0 Å². The molecule has 0 saturated carbocycles. The molecule has 0 spiro atoms. The fourth-order valence-electron chi connectivity index (χ4n) is 1.31. The van der Waals surface area contributed by atoms with Crippen LogP contribution in [0.15, 0.2) is 0 Å². The summed E-state index contributed by atoms with van der Waals surface area (Å²) < 4.78 is 0. The second-order valence-electron chi connectivity index (χ2n) is 3.97. The monoisotopic (exact) mass is 217 g/mol. The minimum atomic E-state index is 0.939. The van der Waals surface area contributed by atoms with Crippen molar-refractivity contribution in [3.63, 3.8) is 0 Å². The first-order valence-corrected chi connectivity index (χ1v) is 6.62. The maximum atomic E-state index is 3.82. The molecule has 0 saturated heterocycles. The zero-order valence-electron chi connectivity index (χ0n) is 10.8. The van der Waals surface area contributed by atoms with Gasteiger partial charge in [-0.2, -0.15) is 0 Å². The molecule has 0 aromatic heterocycles. The lowest BCUT2D eigenvalue weighted by Gasteiger charge is -1.91. The van der Waals surface area contributed by atoms with Gasteiger partial charge in [0.05, 0.1) is 0 Å². The quantitative estimate of drug-likeness (QED) is 0.426. The van der Waals surface area contributed by atoms with Crippen LogP contribution in [0.4, 0.5) is 0 Å². The first-order valence-electron chi connectivity index (χ1n) is 6.62. The highest BCUT2D eigenvalue weighted by Gasteiger charge is 1.83. The lowest BCUT2D eigenvalue weighted by molar-refractivity contribution is 0.701. The smallest absolute Gasteiger partial charge is 0.0198 e. The molecule has 0 amide bonds. The van der Waals surface area contributed by atoms with Crippen molar-refractivity contribution in [1.29, 1.82) is 0 Å². The Morgan fingerprint density at radius 3 is 1.81 bits per heavy atom. The van der Waals surface area contributed by atoms with Crippen LogP contribution in [0.3, 0.4) is 0 Å². The molecule has 0 unspecified atom stereocenters.